The van der Waals surface area contributed by atoms with Crippen LogP contribution in [-0.2, 0) is 0 Å². The van der Waals surface area contributed by atoms with Crippen LogP contribution in [0.3, 0.4) is 0 Å². The van der Waals surface area contributed by atoms with Crippen LogP contribution in [-0.4, -0.2) is 15.0 Å². The van der Waals surface area contributed by atoms with Gasteiger partial charge in [-0.1, -0.05) is 152 Å². The largest absolute Gasteiger partial charge is 0.455 e. The van der Waals surface area contributed by atoms with E-state index in [1.54, 1.807) is 0 Å². The Kier molecular flexibility index (Phi) is 8.48. The molecule has 0 unspecified atom stereocenters. The molecule has 266 valence electrons. The van der Waals surface area contributed by atoms with Gasteiger partial charge >= 0.3 is 0 Å². The Balaban J connectivity index is 1.18. The van der Waals surface area contributed by atoms with E-state index in [-0.39, 0.29) is 0 Å². The second-order valence-corrected chi connectivity index (χ2v) is 13.9. The highest BCUT2D eigenvalue weighted by Crippen LogP contribution is 2.45. The zero-order valence-corrected chi connectivity index (χ0v) is 30.7. The maximum atomic E-state index is 9.35. The van der Waals surface area contributed by atoms with Crippen molar-refractivity contribution in [1.29, 1.82) is 5.26 Å². The van der Waals surface area contributed by atoms with Crippen molar-refractivity contribution in [2.75, 3.05) is 0 Å². The number of benzene rings is 8. The van der Waals surface area contributed by atoms with E-state index >= 15 is 0 Å². The van der Waals surface area contributed by atoms with Crippen molar-refractivity contribution in [3.05, 3.63) is 200 Å². The zero-order chi connectivity index (χ0) is 38.1. The van der Waals surface area contributed by atoms with Gasteiger partial charge in [0.05, 0.1) is 11.6 Å². The monoisotopic (exact) mass is 728 g/mol. The van der Waals surface area contributed by atoms with Crippen molar-refractivity contribution in [3.8, 4) is 84.7 Å². The number of hydrogen-bond acceptors (Lipinski definition) is 5. The first-order chi connectivity index (χ1) is 28.2. The molecule has 0 aliphatic carbocycles. The number of rotatable bonds is 7. The highest BCUT2D eigenvalue weighted by Gasteiger charge is 2.23. The van der Waals surface area contributed by atoms with Gasteiger partial charge in [0, 0.05) is 33.0 Å². The van der Waals surface area contributed by atoms with Crippen LogP contribution in [0.5, 0.6) is 0 Å². The molecule has 0 saturated carbocycles. The van der Waals surface area contributed by atoms with E-state index in [1.807, 2.05) is 97.1 Å². The van der Waals surface area contributed by atoms with E-state index in [4.69, 9.17) is 19.4 Å². The van der Waals surface area contributed by atoms with E-state index in [9.17, 15) is 5.26 Å². The third-order valence-electron chi connectivity index (χ3n) is 10.4. The molecule has 0 N–H and O–H groups in total. The smallest absolute Gasteiger partial charge is 0.164 e. The van der Waals surface area contributed by atoms with Gasteiger partial charge in [-0.3, -0.25) is 0 Å². The van der Waals surface area contributed by atoms with Gasteiger partial charge in [-0.05, 0) is 81.4 Å². The molecule has 0 saturated heterocycles. The maximum Gasteiger partial charge on any atom is 0.164 e. The highest BCUT2D eigenvalue weighted by molar-refractivity contribution is 6.17. The van der Waals surface area contributed by atoms with Crippen LogP contribution in [0.2, 0.25) is 0 Å². The van der Waals surface area contributed by atoms with Crippen LogP contribution in [0.4, 0.5) is 0 Å². The predicted octanol–water partition coefficient (Wildman–Crippen LogP) is 13.3. The summed E-state index contributed by atoms with van der Waals surface area (Å²) in [7, 11) is 0. The van der Waals surface area contributed by atoms with Crippen molar-refractivity contribution >= 4 is 21.9 Å². The van der Waals surface area contributed by atoms with E-state index in [0.29, 0.717) is 23.0 Å². The van der Waals surface area contributed by atoms with Gasteiger partial charge in [0.2, 0.25) is 0 Å². The van der Waals surface area contributed by atoms with Crippen molar-refractivity contribution in [2.45, 2.75) is 0 Å². The quantitative estimate of drug-likeness (QED) is 0.163. The number of furan rings is 1. The second kappa shape index (κ2) is 14.4. The fourth-order valence-corrected chi connectivity index (χ4v) is 7.62. The second-order valence-electron chi connectivity index (χ2n) is 13.9. The lowest BCUT2D eigenvalue weighted by atomic mass is 9.93. The summed E-state index contributed by atoms with van der Waals surface area (Å²) in [5.41, 5.74) is 13.2. The first kappa shape index (κ1) is 33.6. The van der Waals surface area contributed by atoms with Gasteiger partial charge in [0.1, 0.15) is 11.2 Å². The zero-order valence-electron chi connectivity index (χ0n) is 30.7. The number of aromatic nitrogens is 3. The molecule has 0 spiro atoms. The standard InChI is InChI=1S/C52H32N4O/c53-33-34-25-27-36(28-26-34)40-20-11-22-42(32-40)51-54-50(38-17-8-3-9-18-38)55-52(56-51)45-30-29-44-48-43(41-21-10-19-39(31-41)35-13-4-1-5-14-35)23-12-24-46(48)57-49(44)47(45)37-15-6-2-7-16-37/h1-32H. The maximum absolute atomic E-state index is 9.35. The third-order valence-corrected chi connectivity index (χ3v) is 10.4. The van der Waals surface area contributed by atoms with E-state index in [2.05, 4.69) is 103 Å². The minimum Gasteiger partial charge on any atom is -0.455 e. The number of nitriles is 1. The average molecular weight is 729 g/mol. The molecule has 8 aromatic carbocycles. The van der Waals surface area contributed by atoms with Gasteiger partial charge in [-0.15, -0.1) is 0 Å². The van der Waals surface area contributed by atoms with Crippen molar-refractivity contribution < 1.29 is 4.42 Å². The third kappa shape index (κ3) is 6.32. The molecule has 2 heterocycles. The molecule has 0 aliphatic heterocycles. The van der Waals surface area contributed by atoms with Gasteiger partial charge in [0.15, 0.2) is 17.5 Å². The lowest BCUT2D eigenvalue weighted by Gasteiger charge is -2.13. The predicted molar refractivity (Wildman–Crippen MR) is 230 cm³/mol. The summed E-state index contributed by atoms with van der Waals surface area (Å²) in [4.78, 5) is 15.4. The van der Waals surface area contributed by atoms with Gasteiger partial charge < -0.3 is 4.42 Å². The number of fused-ring (bicyclic) bond motifs is 3. The Morgan fingerprint density at radius 3 is 1.60 bits per heavy atom. The normalized spacial score (nSPS) is 11.1. The van der Waals surface area contributed by atoms with Gasteiger partial charge in [0.25, 0.3) is 0 Å². The summed E-state index contributed by atoms with van der Waals surface area (Å²) in [6, 6.07) is 68.0. The van der Waals surface area contributed by atoms with Gasteiger partial charge in [-0.2, -0.15) is 5.26 Å². The minimum atomic E-state index is 0.541. The molecule has 0 bridgehead atoms. The average Bonchev–Trinajstić information content (AvgIpc) is 3.69. The SMILES string of the molecule is N#Cc1ccc(-c2cccc(-c3nc(-c4ccccc4)nc(-c4ccc5c(oc6cccc(-c7cccc(-c8ccccc8)c7)c65)c4-c4ccccc4)n3)c2)cc1. The summed E-state index contributed by atoms with van der Waals surface area (Å²) >= 11 is 0. The fraction of sp³-hybridized carbons (Fsp3) is 0. The molecule has 5 heteroatoms. The molecular weight excluding hydrogens is 697 g/mol. The molecule has 0 aliphatic rings. The molecule has 0 amide bonds. The number of hydrogen-bond donors (Lipinski definition) is 0. The van der Waals surface area contributed by atoms with E-state index in [0.717, 1.165) is 77.6 Å². The van der Waals surface area contributed by atoms with Crippen LogP contribution in [0.25, 0.3) is 101 Å². The topological polar surface area (TPSA) is 75.6 Å². The Hall–Kier alpha value is -7.94. The first-order valence-electron chi connectivity index (χ1n) is 18.8. The van der Waals surface area contributed by atoms with Crippen LogP contribution < -0.4 is 0 Å². The highest BCUT2D eigenvalue weighted by atomic mass is 16.3. The lowest BCUT2D eigenvalue weighted by Crippen LogP contribution is -2.01. The molecule has 0 atom stereocenters. The summed E-state index contributed by atoms with van der Waals surface area (Å²) in [5, 5.41) is 11.4. The van der Waals surface area contributed by atoms with E-state index < -0.39 is 0 Å². The first-order valence-corrected chi connectivity index (χ1v) is 18.8. The molecule has 10 aromatic rings. The van der Waals surface area contributed by atoms with E-state index in [1.165, 1.54) is 5.56 Å². The van der Waals surface area contributed by atoms with Crippen LogP contribution in [0, 0.1) is 11.3 Å². The molecular formula is C52H32N4O. The summed E-state index contributed by atoms with van der Waals surface area (Å²) < 4.78 is 6.90. The van der Waals surface area contributed by atoms with Crippen LogP contribution in [0.15, 0.2) is 199 Å². The lowest BCUT2D eigenvalue weighted by molar-refractivity contribution is 0.670. The molecule has 57 heavy (non-hydrogen) atoms. The molecule has 0 radical (unpaired) electrons. The Morgan fingerprint density at radius 2 is 0.912 bits per heavy atom. The number of nitrogens with zero attached hydrogens (tertiary/aromatic N) is 4. The van der Waals surface area contributed by atoms with Crippen LogP contribution >= 0.6 is 0 Å². The molecule has 2 aromatic heterocycles. The fourth-order valence-electron chi connectivity index (χ4n) is 7.62. The van der Waals surface area contributed by atoms with Gasteiger partial charge in [-0.25, -0.2) is 15.0 Å². The minimum absolute atomic E-state index is 0.541. The molecule has 10 rings (SSSR count). The Bertz CT molecular complexity index is 3110. The Morgan fingerprint density at radius 1 is 0.386 bits per heavy atom. The Labute approximate surface area is 329 Å². The summed E-state index contributed by atoms with van der Waals surface area (Å²) in [6.07, 6.45) is 0. The molecule has 0 fully saturated rings. The van der Waals surface area contributed by atoms with Crippen molar-refractivity contribution in [3.63, 3.8) is 0 Å². The summed E-state index contributed by atoms with van der Waals surface area (Å²) in [6.45, 7) is 0. The van der Waals surface area contributed by atoms with Crippen molar-refractivity contribution in [1.82, 2.24) is 15.0 Å². The van der Waals surface area contributed by atoms with Crippen molar-refractivity contribution in [2.24, 2.45) is 0 Å². The molecule has 5 nitrogen and oxygen atoms in total. The van der Waals surface area contributed by atoms with Crippen LogP contribution in [0.1, 0.15) is 5.56 Å². The summed E-state index contributed by atoms with van der Waals surface area (Å²) in [5.74, 6) is 1.67.